The van der Waals surface area contributed by atoms with Crippen LogP contribution in [0.2, 0.25) is 0 Å². The summed E-state index contributed by atoms with van der Waals surface area (Å²) in [6.07, 6.45) is 12.6. The van der Waals surface area contributed by atoms with Gasteiger partial charge in [-0.15, -0.1) is 0 Å². The average molecular weight is 1070 g/mol. The summed E-state index contributed by atoms with van der Waals surface area (Å²) in [7, 11) is -0.943. The first-order valence-electron chi connectivity index (χ1n) is 26.4. The molecular weight excluding hydrogens is 997 g/mol. The van der Waals surface area contributed by atoms with Crippen LogP contribution in [0.5, 0.6) is 0 Å². The molecule has 0 unspecified atom stereocenters. The monoisotopic (exact) mass is 1070 g/mol. The van der Waals surface area contributed by atoms with Gasteiger partial charge in [-0.1, -0.05) is 129 Å². The zero-order valence-electron chi connectivity index (χ0n) is 46.4. The lowest BCUT2D eigenvalue weighted by atomic mass is 9.84. The van der Waals surface area contributed by atoms with Crippen molar-refractivity contribution in [3.63, 3.8) is 0 Å². The molecule has 6 aromatic carbocycles. The van der Waals surface area contributed by atoms with Crippen molar-refractivity contribution in [3.05, 3.63) is 226 Å². The van der Waals surface area contributed by atoms with Crippen LogP contribution in [-0.2, 0) is 38.7 Å². The van der Waals surface area contributed by atoms with E-state index in [0.717, 1.165) is 48.5 Å². The molecule has 12 heteroatoms. The van der Waals surface area contributed by atoms with Crippen LogP contribution in [0.3, 0.4) is 0 Å². The van der Waals surface area contributed by atoms with Gasteiger partial charge in [-0.3, -0.25) is 0 Å². The van der Waals surface area contributed by atoms with E-state index in [2.05, 4.69) is 135 Å². The first-order valence-corrected chi connectivity index (χ1v) is 29.2. The van der Waals surface area contributed by atoms with Crippen LogP contribution in [-0.4, -0.2) is 87.8 Å². The number of anilines is 2. The Kier molecular flexibility index (Phi) is 18.8. The highest BCUT2D eigenvalue weighted by atomic mass is 32.2. The van der Waals surface area contributed by atoms with E-state index in [4.69, 9.17) is 0 Å². The van der Waals surface area contributed by atoms with Crippen LogP contribution in [0.15, 0.2) is 191 Å². The molecule has 0 radical (unpaired) electrons. The predicted molar refractivity (Wildman–Crippen MR) is 314 cm³/mol. The van der Waals surface area contributed by atoms with Gasteiger partial charge in [-0.2, -0.15) is 0 Å². The fourth-order valence-electron chi connectivity index (χ4n) is 10.0. The van der Waals surface area contributed by atoms with Crippen LogP contribution >= 0.6 is 0 Å². The first kappa shape index (κ1) is 57.7. The van der Waals surface area contributed by atoms with Gasteiger partial charge in [-0.25, -0.2) is 26.0 Å². The number of allylic oxidation sites excluding steroid dienone is 6. The van der Waals surface area contributed by atoms with E-state index in [-0.39, 0.29) is 15.2 Å². The minimum Gasteiger partial charge on any atom is -0.744 e. The summed E-state index contributed by atoms with van der Waals surface area (Å²) in [4.78, 5) is 3.63. The van der Waals surface area contributed by atoms with E-state index in [1.54, 1.807) is 29.5 Å². The smallest absolute Gasteiger partial charge is 0.200 e. The van der Waals surface area contributed by atoms with Gasteiger partial charge < -0.3 is 18.9 Å². The highest BCUT2D eigenvalue weighted by Crippen LogP contribution is 2.38. The minimum absolute atomic E-state index is 0.277. The van der Waals surface area contributed by atoms with Crippen LogP contribution in [0.4, 0.5) is 11.4 Å². The van der Waals surface area contributed by atoms with Crippen molar-refractivity contribution in [1.29, 1.82) is 0 Å². The normalized spacial score (nSPS) is 13.7. The van der Waals surface area contributed by atoms with Crippen LogP contribution < -0.4 is 9.80 Å². The highest BCUT2D eigenvalue weighted by Gasteiger charge is 2.24. The summed E-state index contributed by atoms with van der Waals surface area (Å²) < 4.78 is 78.1. The van der Waals surface area contributed by atoms with Crippen molar-refractivity contribution in [2.45, 2.75) is 95.5 Å². The van der Waals surface area contributed by atoms with E-state index < -0.39 is 20.2 Å². The molecule has 1 fully saturated rings. The molecule has 0 spiro atoms. The van der Waals surface area contributed by atoms with E-state index in [1.807, 2.05) is 87.2 Å². The van der Waals surface area contributed by atoms with Crippen LogP contribution in [0.25, 0.3) is 11.1 Å². The Morgan fingerprint density at radius 3 is 1.74 bits per heavy atom. The van der Waals surface area contributed by atoms with Crippen molar-refractivity contribution in [1.82, 2.24) is 0 Å². The van der Waals surface area contributed by atoms with Crippen LogP contribution in [0.1, 0.15) is 105 Å². The molecule has 1 saturated carbocycles. The molecule has 0 heterocycles. The summed E-state index contributed by atoms with van der Waals surface area (Å²) in [5, 5.41) is 0. The minimum atomic E-state index is -4.87. The standard InChI is InChI=1S/C42H46N2O6S2.C23H29N2/c1-7-43(28-31-12-9-11-30(3)25-31)36-20-15-33(16-21-36)41(39-24-19-35(42(4,5)6)27-40(39)52(48,49)50)34-17-22-37(23-18-34)44(8-2)29-32-13-10-14-38(26-32)51(45,46)47;1-24(2)21-14-10-19(11-15-21)23(18-8-6-5-7-9-18)20-12-16-22(17-13-20)25(3)4/h9-27H,7-8,28-29H2,1-6H3,(H-,45,46,47,48,49,50);5-11,14-15H,12-13,16-17H2,1-4H3/q;+1/p-1. The Bertz CT molecular complexity index is 3480. The van der Waals surface area contributed by atoms with Gasteiger partial charge in [0.25, 0.3) is 0 Å². The second-order valence-electron chi connectivity index (χ2n) is 21.2. The molecule has 0 saturated heterocycles. The SMILES string of the molecule is CCN(Cc1cccc(S(=O)(=O)[O-])c1)c1ccc(C(=C2C=CC(=[N+](CC)Cc3cccc(C)c3)C=C2)c2ccc(C(C)(C)C)cc2S(=O)(=O)[O-])cc1.CN(C)c1ccc(C(=C2CCC(=[N+](C)C)CC2)c2ccccc2)cc1. The van der Waals surface area contributed by atoms with Crippen molar-refractivity contribution < 1.29 is 35.1 Å². The first-order chi connectivity index (χ1) is 36.5. The Labute approximate surface area is 459 Å². The van der Waals surface area contributed by atoms with E-state index in [0.29, 0.717) is 35.4 Å². The van der Waals surface area contributed by atoms with E-state index >= 15 is 0 Å². The largest absolute Gasteiger partial charge is 0.744 e. The number of benzene rings is 6. The van der Waals surface area contributed by atoms with Crippen LogP contribution in [0, 0.1) is 6.92 Å². The quantitative estimate of drug-likeness (QED) is 0.0779. The van der Waals surface area contributed by atoms with Gasteiger partial charge in [0.15, 0.2) is 18.0 Å². The third kappa shape index (κ3) is 15.0. The maximum absolute atomic E-state index is 12.9. The third-order valence-corrected chi connectivity index (χ3v) is 16.1. The zero-order chi connectivity index (χ0) is 55.7. The van der Waals surface area contributed by atoms with Gasteiger partial charge in [-0.05, 0) is 144 Å². The Hall–Kier alpha value is -6.96. The number of hydrogen-bond donors (Lipinski definition) is 0. The molecule has 0 N–H and O–H groups in total. The van der Waals surface area contributed by atoms with Gasteiger partial charge in [0.2, 0.25) is 0 Å². The number of hydrogen-bond acceptors (Lipinski definition) is 8. The molecule has 0 atom stereocenters. The summed E-state index contributed by atoms with van der Waals surface area (Å²) in [5.41, 5.74) is 16.2. The van der Waals surface area contributed by atoms with Crippen molar-refractivity contribution >= 4 is 54.2 Å². The van der Waals surface area contributed by atoms with Gasteiger partial charge in [0, 0.05) is 74.7 Å². The molecule has 0 bridgehead atoms. The zero-order valence-corrected chi connectivity index (χ0v) is 48.0. The Morgan fingerprint density at radius 1 is 0.610 bits per heavy atom. The number of nitrogens with zero attached hydrogens (tertiary/aromatic N) is 4. The van der Waals surface area contributed by atoms with E-state index in [1.165, 1.54) is 64.6 Å². The fourth-order valence-corrected chi connectivity index (χ4v) is 11.3. The molecule has 0 aliphatic heterocycles. The van der Waals surface area contributed by atoms with Crippen molar-refractivity contribution in [2.24, 2.45) is 0 Å². The maximum Gasteiger partial charge on any atom is 0.200 e. The molecule has 2 aliphatic rings. The second kappa shape index (κ2) is 25.0. The molecule has 10 nitrogen and oxygen atoms in total. The Balaban J connectivity index is 0.000000286. The summed E-state index contributed by atoms with van der Waals surface area (Å²) >= 11 is 0. The molecule has 0 amide bonds. The summed E-state index contributed by atoms with van der Waals surface area (Å²) in [5.74, 6) is 0. The van der Waals surface area contributed by atoms with E-state index in [9.17, 15) is 25.9 Å². The predicted octanol–water partition coefficient (Wildman–Crippen LogP) is 12.6. The fraction of sp³-hybridized carbons (Fsp3) is 0.292. The van der Waals surface area contributed by atoms with Gasteiger partial charge >= 0.3 is 0 Å². The Morgan fingerprint density at radius 2 is 1.19 bits per heavy atom. The van der Waals surface area contributed by atoms with Crippen molar-refractivity contribution in [3.8, 4) is 0 Å². The lowest BCUT2D eigenvalue weighted by Crippen LogP contribution is -2.22. The average Bonchev–Trinajstić information content (AvgIpc) is 3.40. The van der Waals surface area contributed by atoms with Crippen molar-refractivity contribution in [2.75, 3.05) is 51.1 Å². The lowest BCUT2D eigenvalue weighted by Gasteiger charge is -2.25. The number of aryl methyl sites for hydroxylation is 1. The summed E-state index contributed by atoms with van der Waals surface area (Å²) in [6.45, 7) is 14.5. The maximum atomic E-state index is 12.9. The molecule has 6 aromatic rings. The highest BCUT2D eigenvalue weighted by molar-refractivity contribution is 7.86. The molecular formula is C65H74N4O6S2. The second-order valence-corrected chi connectivity index (χ2v) is 24.0. The molecule has 77 heavy (non-hydrogen) atoms. The number of rotatable bonds is 14. The molecule has 402 valence electrons. The topological polar surface area (TPSA) is 127 Å². The third-order valence-electron chi connectivity index (χ3n) is 14.4. The van der Waals surface area contributed by atoms with Gasteiger partial charge in [0.1, 0.15) is 40.9 Å². The van der Waals surface area contributed by atoms with Gasteiger partial charge in [0.05, 0.1) is 9.79 Å². The summed E-state index contributed by atoms with van der Waals surface area (Å²) in [6, 6.07) is 47.0. The lowest BCUT2D eigenvalue weighted by molar-refractivity contribution is -0.539. The molecule has 0 aromatic heterocycles. The molecule has 2 aliphatic carbocycles. The molecule has 8 rings (SSSR count).